The first-order valence-electron chi connectivity index (χ1n) is 7.18. The van der Waals surface area contributed by atoms with Gasteiger partial charge in [-0.1, -0.05) is 59.7 Å². The molecule has 1 nitrogen and oxygen atoms in total. The largest absolute Gasteiger partial charge is 0.507 e. The first-order valence-corrected chi connectivity index (χ1v) is 7.18. The Balaban J connectivity index is 0.000000562. The SMILES string of the molecule is CC(C)(C)c1cccc(C(C)(C)C)c1O.[C-]1=CC=CC1.[Zr]. The summed E-state index contributed by atoms with van der Waals surface area (Å²) in [5.41, 5.74) is 2.03. The molecule has 1 aliphatic carbocycles. The summed E-state index contributed by atoms with van der Waals surface area (Å²) in [5, 5.41) is 10.3. The molecule has 1 N–H and O–H groups in total. The van der Waals surface area contributed by atoms with E-state index < -0.39 is 0 Å². The second kappa shape index (κ2) is 8.13. The van der Waals surface area contributed by atoms with Crippen LogP contribution in [0.25, 0.3) is 0 Å². The maximum absolute atomic E-state index is 10.3. The van der Waals surface area contributed by atoms with Gasteiger partial charge >= 0.3 is 0 Å². The van der Waals surface area contributed by atoms with Crippen LogP contribution in [0.5, 0.6) is 5.75 Å². The maximum atomic E-state index is 10.3. The summed E-state index contributed by atoms with van der Waals surface area (Å²) in [6, 6.07) is 6.04. The summed E-state index contributed by atoms with van der Waals surface area (Å²) < 4.78 is 0. The smallest absolute Gasteiger partial charge is 0.123 e. The molecule has 0 saturated heterocycles. The van der Waals surface area contributed by atoms with Crippen LogP contribution in [0, 0.1) is 6.08 Å². The molecule has 1 aromatic rings. The Labute approximate surface area is 149 Å². The van der Waals surface area contributed by atoms with Crippen LogP contribution in [0.15, 0.2) is 36.4 Å². The van der Waals surface area contributed by atoms with E-state index >= 15 is 0 Å². The summed E-state index contributed by atoms with van der Waals surface area (Å²) in [7, 11) is 0. The van der Waals surface area contributed by atoms with E-state index in [0.717, 1.165) is 17.5 Å². The first kappa shape index (κ1) is 20.4. The van der Waals surface area contributed by atoms with Gasteiger partial charge in [-0.15, -0.1) is 6.42 Å². The van der Waals surface area contributed by atoms with Crippen molar-refractivity contribution in [2.45, 2.75) is 58.8 Å². The number of phenols is 1. The fourth-order valence-electron chi connectivity index (χ4n) is 2.09. The van der Waals surface area contributed by atoms with Crippen LogP contribution in [0.1, 0.15) is 59.1 Å². The number of para-hydroxylation sites is 1. The number of allylic oxidation sites excluding steroid dienone is 4. The van der Waals surface area contributed by atoms with E-state index in [-0.39, 0.29) is 37.0 Å². The van der Waals surface area contributed by atoms with Crippen molar-refractivity contribution in [3.8, 4) is 5.75 Å². The predicted molar refractivity (Wildman–Crippen MR) is 87.1 cm³/mol. The average Bonchev–Trinajstić information content (AvgIpc) is 2.84. The van der Waals surface area contributed by atoms with Gasteiger partial charge in [0.05, 0.1) is 0 Å². The van der Waals surface area contributed by atoms with Crippen molar-refractivity contribution in [3.63, 3.8) is 0 Å². The summed E-state index contributed by atoms with van der Waals surface area (Å²) in [6.45, 7) is 12.7. The molecule has 1 aliphatic rings. The van der Waals surface area contributed by atoms with Crippen LogP contribution in [0.4, 0.5) is 0 Å². The van der Waals surface area contributed by atoms with Gasteiger partial charge < -0.3 is 5.11 Å². The fourth-order valence-corrected chi connectivity index (χ4v) is 2.09. The van der Waals surface area contributed by atoms with E-state index in [1.54, 1.807) is 0 Å². The molecule has 0 bridgehead atoms. The Morgan fingerprint density at radius 3 is 1.67 bits per heavy atom. The minimum atomic E-state index is -0.00859. The van der Waals surface area contributed by atoms with E-state index in [4.69, 9.17) is 0 Å². The van der Waals surface area contributed by atoms with Crippen molar-refractivity contribution in [2.24, 2.45) is 0 Å². The van der Waals surface area contributed by atoms with Gasteiger partial charge in [0.1, 0.15) is 5.75 Å². The van der Waals surface area contributed by atoms with Gasteiger partial charge in [0, 0.05) is 26.2 Å². The Kier molecular flexibility index (Phi) is 7.89. The molecule has 0 heterocycles. The summed E-state index contributed by atoms with van der Waals surface area (Å²) >= 11 is 0. The second-order valence-electron chi connectivity index (χ2n) is 7.20. The molecule has 2 rings (SSSR count). The van der Waals surface area contributed by atoms with Crippen LogP contribution in [-0.4, -0.2) is 5.11 Å². The third-order valence-corrected chi connectivity index (χ3v) is 3.24. The number of benzene rings is 1. The van der Waals surface area contributed by atoms with Gasteiger partial charge in [-0.3, -0.25) is 6.08 Å². The Morgan fingerprint density at radius 2 is 1.43 bits per heavy atom. The van der Waals surface area contributed by atoms with Crippen LogP contribution in [0.3, 0.4) is 0 Å². The molecular weight excluding hydrogens is 335 g/mol. The van der Waals surface area contributed by atoms with Gasteiger partial charge in [-0.05, 0) is 22.0 Å². The molecular formula is C19H27OZr-. The van der Waals surface area contributed by atoms with Crippen LogP contribution in [0.2, 0.25) is 0 Å². The van der Waals surface area contributed by atoms with E-state index in [0.29, 0.717) is 5.75 Å². The van der Waals surface area contributed by atoms with Gasteiger partial charge in [-0.25, -0.2) is 12.2 Å². The predicted octanol–water partition coefficient (Wildman–Crippen LogP) is 5.29. The number of hydrogen-bond donors (Lipinski definition) is 1. The van der Waals surface area contributed by atoms with Gasteiger partial charge in [0.15, 0.2) is 0 Å². The number of rotatable bonds is 0. The van der Waals surface area contributed by atoms with Crippen molar-refractivity contribution < 1.29 is 31.3 Å². The molecule has 2 heteroatoms. The standard InChI is InChI=1S/C14H22O.C5H5.Zr/c1-13(2,3)10-8-7-9-11(12(10)15)14(4,5)6;1-2-4-5-3-1;/h7-9,15H,1-6H3;1-3H,4H2;/q;-1;. The minimum absolute atomic E-state index is 0. The quantitative estimate of drug-likeness (QED) is 0.622. The van der Waals surface area contributed by atoms with Crippen molar-refractivity contribution in [2.75, 3.05) is 0 Å². The normalized spacial score (nSPS) is 13.4. The van der Waals surface area contributed by atoms with Gasteiger partial charge in [-0.2, -0.15) is 6.08 Å². The topological polar surface area (TPSA) is 20.2 Å². The molecule has 0 radical (unpaired) electrons. The molecule has 1 aromatic carbocycles. The molecule has 114 valence electrons. The van der Waals surface area contributed by atoms with E-state index in [2.05, 4.69) is 53.7 Å². The molecule has 0 unspecified atom stereocenters. The third-order valence-electron chi connectivity index (χ3n) is 3.24. The van der Waals surface area contributed by atoms with Gasteiger partial charge in [0.2, 0.25) is 0 Å². The summed E-state index contributed by atoms with van der Waals surface area (Å²) in [6.07, 6.45) is 10.0. The Hall–Kier alpha value is -0.617. The molecule has 21 heavy (non-hydrogen) atoms. The van der Waals surface area contributed by atoms with E-state index in [1.807, 2.05) is 30.4 Å². The maximum Gasteiger partial charge on any atom is 0.123 e. The van der Waals surface area contributed by atoms with Crippen LogP contribution in [-0.2, 0) is 37.0 Å². The average molecular weight is 363 g/mol. The zero-order valence-electron chi connectivity index (χ0n) is 14.1. The van der Waals surface area contributed by atoms with Crippen molar-refractivity contribution in [3.05, 3.63) is 53.6 Å². The molecule has 0 spiro atoms. The molecule has 0 amide bonds. The number of aromatic hydroxyl groups is 1. The van der Waals surface area contributed by atoms with Crippen molar-refractivity contribution in [1.82, 2.24) is 0 Å². The molecule has 0 atom stereocenters. The summed E-state index contributed by atoms with van der Waals surface area (Å²) in [4.78, 5) is 0. The second-order valence-corrected chi connectivity index (χ2v) is 7.20. The molecule has 0 aliphatic heterocycles. The van der Waals surface area contributed by atoms with E-state index in [9.17, 15) is 5.11 Å². The number of phenolic OH excluding ortho intramolecular Hbond substituents is 1. The zero-order chi connectivity index (χ0) is 15.4. The monoisotopic (exact) mass is 361 g/mol. The van der Waals surface area contributed by atoms with Crippen LogP contribution >= 0.6 is 0 Å². The Morgan fingerprint density at radius 1 is 0.952 bits per heavy atom. The van der Waals surface area contributed by atoms with Crippen molar-refractivity contribution >= 4 is 0 Å². The number of hydrogen-bond acceptors (Lipinski definition) is 1. The third kappa shape index (κ3) is 6.34. The minimum Gasteiger partial charge on any atom is -0.507 e. The van der Waals surface area contributed by atoms with Gasteiger partial charge in [0.25, 0.3) is 0 Å². The Bertz CT molecular complexity index is 457. The zero-order valence-corrected chi connectivity index (χ0v) is 16.6. The summed E-state index contributed by atoms with van der Waals surface area (Å²) in [5.74, 6) is 0.456. The fraction of sp³-hybridized carbons (Fsp3) is 0.474. The van der Waals surface area contributed by atoms with Crippen LogP contribution < -0.4 is 0 Å². The van der Waals surface area contributed by atoms with Crippen molar-refractivity contribution in [1.29, 1.82) is 0 Å². The van der Waals surface area contributed by atoms with E-state index in [1.165, 1.54) is 0 Å². The molecule has 0 saturated carbocycles. The first-order chi connectivity index (χ1) is 9.14. The molecule has 0 aromatic heterocycles. The molecule has 0 fully saturated rings.